The highest BCUT2D eigenvalue weighted by molar-refractivity contribution is 6.00. The fourth-order valence-corrected chi connectivity index (χ4v) is 5.97. The molecule has 5 rings (SSSR count). The van der Waals surface area contributed by atoms with E-state index in [9.17, 15) is 9.59 Å². The molecule has 1 aliphatic heterocycles. The zero-order valence-corrected chi connectivity index (χ0v) is 22.3. The Labute approximate surface area is 217 Å². The van der Waals surface area contributed by atoms with Gasteiger partial charge in [0, 0.05) is 42.8 Å². The summed E-state index contributed by atoms with van der Waals surface area (Å²) in [5.74, 6) is 1.89. The number of Topliss-reactive ketones (excluding diaryl/α,β-unsaturated/α-hetero) is 1. The molecule has 196 valence electrons. The molecule has 2 fully saturated rings. The zero-order chi connectivity index (χ0) is 26.1. The van der Waals surface area contributed by atoms with Gasteiger partial charge in [0.1, 0.15) is 17.5 Å². The summed E-state index contributed by atoms with van der Waals surface area (Å²) in [5, 5.41) is 4.10. The number of pyridine rings is 2. The Kier molecular flexibility index (Phi) is 7.24. The van der Waals surface area contributed by atoms with Crippen LogP contribution in [0, 0.1) is 6.92 Å². The molecule has 0 radical (unpaired) electrons. The van der Waals surface area contributed by atoms with E-state index in [1.165, 1.54) is 13.3 Å². The van der Waals surface area contributed by atoms with Crippen molar-refractivity contribution < 1.29 is 4.79 Å². The van der Waals surface area contributed by atoms with Gasteiger partial charge in [-0.2, -0.15) is 0 Å². The Bertz CT molecular complexity index is 1340. The predicted molar refractivity (Wildman–Crippen MR) is 147 cm³/mol. The van der Waals surface area contributed by atoms with Crippen LogP contribution in [0.1, 0.15) is 73.8 Å². The standard InChI is InChI=1S/C28H37N7O2/c1-18-22-15-29-24(14-23(22)35(21-8-5-6-9-21)28(37)27(18)19(2)36)32-25-16-31-26(17-30-25)34-12-7-10-20(11-13-34)33(3)4/h14-17,20-21H,5-13H2,1-4H3,(H,29,30,32). The van der Waals surface area contributed by atoms with Crippen molar-refractivity contribution in [3.05, 3.63) is 46.1 Å². The van der Waals surface area contributed by atoms with Crippen molar-refractivity contribution in [2.24, 2.45) is 0 Å². The second-order valence-electron chi connectivity index (χ2n) is 10.7. The molecule has 1 unspecified atom stereocenters. The van der Waals surface area contributed by atoms with Gasteiger partial charge in [0.15, 0.2) is 5.78 Å². The van der Waals surface area contributed by atoms with Crippen molar-refractivity contribution in [1.29, 1.82) is 0 Å². The van der Waals surface area contributed by atoms with Crippen LogP contribution in [0.5, 0.6) is 0 Å². The largest absolute Gasteiger partial charge is 0.355 e. The maximum absolute atomic E-state index is 13.4. The Morgan fingerprint density at radius 3 is 2.41 bits per heavy atom. The molecule has 37 heavy (non-hydrogen) atoms. The summed E-state index contributed by atoms with van der Waals surface area (Å²) in [6.07, 6.45) is 12.8. The number of hydrogen-bond donors (Lipinski definition) is 1. The monoisotopic (exact) mass is 503 g/mol. The van der Waals surface area contributed by atoms with Gasteiger partial charge >= 0.3 is 0 Å². The normalized spacial score (nSPS) is 18.9. The number of carbonyl (C=O) groups excluding carboxylic acids is 1. The average Bonchev–Trinajstić information content (AvgIpc) is 3.27. The minimum absolute atomic E-state index is 0.101. The molecule has 1 saturated heterocycles. The van der Waals surface area contributed by atoms with Gasteiger partial charge < -0.3 is 19.7 Å². The van der Waals surface area contributed by atoms with E-state index in [4.69, 9.17) is 0 Å². The molecule has 1 N–H and O–H groups in total. The van der Waals surface area contributed by atoms with E-state index in [1.54, 1.807) is 12.4 Å². The van der Waals surface area contributed by atoms with Crippen LogP contribution in [-0.2, 0) is 0 Å². The molecular formula is C28H37N7O2. The van der Waals surface area contributed by atoms with Crippen molar-refractivity contribution in [2.75, 3.05) is 37.4 Å². The number of nitrogens with one attached hydrogen (secondary N) is 1. The number of aromatic nitrogens is 4. The second kappa shape index (κ2) is 10.6. The Morgan fingerprint density at radius 1 is 0.973 bits per heavy atom. The molecular weight excluding hydrogens is 466 g/mol. The van der Waals surface area contributed by atoms with Gasteiger partial charge in [0.05, 0.1) is 23.5 Å². The van der Waals surface area contributed by atoms with Crippen LogP contribution in [0.3, 0.4) is 0 Å². The number of ketones is 1. The predicted octanol–water partition coefficient (Wildman–Crippen LogP) is 4.48. The van der Waals surface area contributed by atoms with Crippen LogP contribution in [-0.4, -0.2) is 63.4 Å². The van der Waals surface area contributed by atoms with Crippen molar-refractivity contribution >= 4 is 34.1 Å². The minimum Gasteiger partial charge on any atom is -0.355 e. The molecule has 2 aliphatic rings. The van der Waals surface area contributed by atoms with Crippen molar-refractivity contribution in [1.82, 2.24) is 24.4 Å². The van der Waals surface area contributed by atoms with Crippen LogP contribution >= 0.6 is 0 Å². The molecule has 0 amide bonds. The van der Waals surface area contributed by atoms with Gasteiger partial charge in [0.2, 0.25) is 0 Å². The van der Waals surface area contributed by atoms with Crippen LogP contribution in [0.15, 0.2) is 29.5 Å². The van der Waals surface area contributed by atoms with E-state index in [2.05, 4.69) is 44.2 Å². The molecule has 4 heterocycles. The topological polar surface area (TPSA) is 96.2 Å². The third-order valence-electron chi connectivity index (χ3n) is 8.04. The van der Waals surface area contributed by atoms with Crippen molar-refractivity contribution in [3.8, 4) is 0 Å². The van der Waals surface area contributed by atoms with Gasteiger partial charge in [0.25, 0.3) is 5.56 Å². The molecule has 3 aromatic heterocycles. The highest BCUT2D eigenvalue weighted by Crippen LogP contribution is 2.33. The van der Waals surface area contributed by atoms with Gasteiger partial charge in [-0.25, -0.2) is 15.0 Å². The van der Waals surface area contributed by atoms with E-state index in [0.29, 0.717) is 23.2 Å². The molecule has 0 aromatic carbocycles. The van der Waals surface area contributed by atoms with E-state index in [0.717, 1.165) is 68.3 Å². The Hall–Kier alpha value is -3.33. The van der Waals surface area contributed by atoms with Crippen molar-refractivity contribution in [2.45, 2.75) is 70.9 Å². The van der Waals surface area contributed by atoms with Crippen molar-refractivity contribution in [3.63, 3.8) is 0 Å². The van der Waals surface area contributed by atoms with E-state index in [-0.39, 0.29) is 22.9 Å². The summed E-state index contributed by atoms with van der Waals surface area (Å²) in [6.45, 7) is 5.25. The van der Waals surface area contributed by atoms with Crippen LogP contribution < -0.4 is 15.8 Å². The summed E-state index contributed by atoms with van der Waals surface area (Å²) in [7, 11) is 4.30. The summed E-state index contributed by atoms with van der Waals surface area (Å²) >= 11 is 0. The molecule has 0 spiro atoms. The summed E-state index contributed by atoms with van der Waals surface area (Å²) in [5.41, 5.74) is 1.58. The minimum atomic E-state index is -0.199. The summed E-state index contributed by atoms with van der Waals surface area (Å²) < 4.78 is 1.83. The van der Waals surface area contributed by atoms with Gasteiger partial charge in [-0.05, 0) is 65.6 Å². The third kappa shape index (κ3) is 5.09. The lowest BCUT2D eigenvalue weighted by Crippen LogP contribution is -2.30. The number of fused-ring (bicyclic) bond motifs is 1. The van der Waals surface area contributed by atoms with Gasteiger partial charge in [-0.15, -0.1) is 0 Å². The highest BCUT2D eigenvalue weighted by Gasteiger charge is 2.25. The summed E-state index contributed by atoms with van der Waals surface area (Å²) in [6, 6.07) is 2.61. The molecule has 0 bridgehead atoms. The lowest BCUT2D eigenvalue weighted by atomic mass is 10.0. The smallest absolute Gasteiger partial charge is 0.262 e. The van der Waals surface area contributed by atoms with Gasteiger partial charge in [-0.3, -0.25) is 9.59 Å². The first-order chi connectivity index (χ1) is 17.8. The zero-order valence-electron chi connectivity index (χ0n) is 22.3. The number of anilines is 3. The number of carbonyl (C=O) groups is 1. The molecule has 9 heteroatoms. The Morgan fingerprint density at radius 2 is 1.73 bits per heavy atom. The van der Waals surface area contributed by atoms with E-state index in [1.807, 2.05) is 23.8 Å². The lowest BCUT2D eigenvalue weighted by Gasteiger charge is -2.23. The quantitative estimate of drug-likeness (QED) is 0.492. The number of nitrogens with zero attached hydrogens (tertiary/aromatic N) is 6. The van der Waals surface area contributed by atoms with E-state index >= 15 is 0 Å². The molecule has 9 nitrogen and oxygen atoms in total. The molecule has 1 atom stereocenters. The van der Waals surface area contributed by atoms with Crippen LogP contribution in [0.2, 0.25) is 0 Å². The third-order valence-corrected chi connectivity index (χ3v) is 8.04. The molecule has 3 aromatic rings. The number of rotatable bonds is 6. The maximum atomic E-state index is 13.4. The number of hydrogen-bond acceptors (Lipinski definition) is 8. The summed E-state index contributed by atoms with van der Waals surface area (Å²) in [4.78, 5) is 44.3. The van der Waals surface area contributed by atoms with E-state index < -0.39 is 0 Å². The first-order valence-corrected chi connectivity index (χ1v) is 13.4. The van der Waals surface area contributed by atoms with Crippen LogP contribution in [0.25, 0.3) is 10.9 Å². The average molecular weight is 504 g/mol. The van der Waals surface area contributed by atoms with Gasteiger partial charge in [-0.1, -0.05) is 12.8 Å². The first-order valence-electron chi connectivity index (χ1n) is 13.4. The fourth-order valence-electron chi connectivity index (χ4n) is 5.97. The SMILES string of the molecule is CC(=O)c1c(C)c2cnc(Nc3cnc(N4CCCC(N(C)C)CC4)cn3)cc2n(C2CCCC2)c1=O. The first kappa shape index (κ1) is 25.3. The molecule has 1 saturated carbocycles. The van der Waals surface area contributed by atoms with Crippen LogP contribution in [0.4, 0.5) is 17.5 Å². The fraction of sp³-hybridized carbons (Fsp3) is 0.536. The number of aryl methyl sites for hydroxylation is 1. The highest BCUT2D eigenvalue weighted by atomic mass is 16.1. The lowest BCUT2D eigenvalue weighted by molar-refractivity contribution is 0.101. The maximum Gasteiger partial charge on any atom is 0.262 e. The molecule has 1 aliphatic carbocycles. The second-order valence-corrected chi connectivity index (χ2v) is 10.7. The Balaban J connectivity index is 1.42.